The fraction of sp³-hybridized carbons (Fsp3) is 0.500. The van der Waals surface area contributed by atoms with E-state index in [0.717, 1.165) is 36.1 Å². The van der Waals surface area contributed by atoms with Crippen LogP contribution in [0.15, 0.2) is 33.9 Å². The van der Waals surface area contributed by atoms with Crippen LogP contribution in [0.1, 0.15) is 39.2 Å². The Labute approximate surface area is 192 Å². The van der Waals surface area contributed by atoms with E-state index in [2.05, 4.69) is 43.0 Å². The number of carbonyl (C=O) groups excluding carboxylic acids is 1. The van der Waals surface area contributed by atoms with Crippen molar-refractivity contribution in [1.29, 1.82) is 0 Å². The second kappa shape index (κ2) is 9.25. The van der Waals surface area contributed by atoms with Crippen LogP contribution in [0.4, 0.5) is 11.6 Å². The van der Waals surface area contributed by atoms with E-state index in [1.807, 2.05) is 4.57 Å². The van der Waals surface area contributed by atoms with Gasteiger partial charge in [0, 0.05) is 25.8 Å². The molecule has 0 unspecified atom stereocenters. The fourth-order valence-electron chi connectivity index (χ4n) is 4.42. The molecule has 0 fully saturated rings. The van der Waals surface area contributed by atoms with Crippen molar-refractivity contribution in [3.8, 4) is 0 Å². The molecule has 176 valence electrons. The third kappa shape index (κ3) is 4.19. The van der Waals surface area contributed by atoms with E-state index in [1.54, 1.807) is 14.0 Å². The van der Waals surface area contributed by atoms with Crippen LogP contribution >= 0.6 is 0 Å². The number of imidazole rings is 1. The number of unbranched alkanes of at least 4 members (excludes halogenated alkanes) is 1. The highest BCUT2D eigenvalue weighted by Crippen LogP contribution is 2.33. The van der Waals surface area contributed by atoms with Crippen LogP contribution in [0.3, 0.4) is 0 Å². The third-order valence-electron chi connectivity index (χ3n) is 6.10. The topological polar surface area (TPSA) is 91.4 Å². The molecule has 1 aliphatic heterocycles. The number of aromatic nitrogens is 4. The van der Waals surface area contributed by atoms with Crippen LogP contribution < -0.4 is 16.1 Å². The Morgan fingerprint density at radius 3 is 2.55 bits per heavy atom. The number of rotatable bonds is 7. The van der Waals surface area contributed by atoms with Gasteiger partial charge in [-0.2, -0.15) is 4.98 Å². The highest BCUT2D eigenvalue weighted by atomic mass is 16.5. The van der Waals surface area contributed by atoms with E-state index < -0.39 is 23.8 Å². The van der Waals surface area contributed by atoms with Crippen molar-refractivity contribution in [2.24, 2.45) is 13.0 Å². The first kappa shape index (κ1) is 22.8. The summed E-state index contributed by atoms with van der Waals surface area (Å²) in [6, 6.07) is 8.45. The molecule has 0 bridgehead atoms. The predicted octanol–water partition coefficient (Wildman–Crippen LogP) is 2.59. The second-order valence-corrected chi connectivity index (χ2v) is 8.72. The molecule has 3 heterocycles. The molecule has 1 aromatic carbocycles. The van der Waals surface area contributed by atoms with Crippen LogP contribution in [0, 0.1) is 5.92 Å². The molecular formula is C24H31N5O4. The van der Waals surface area contributed by atoms with Gasteiger partial charge in [-0.1, -0.05) is 32.4 Å². The van der Waals surface area contributed by atoms with Crippen molar-refractivity contribution in [3.63, 3.8) is 0 Å². The fourth-order valence-corrected chi connectivity index (χ4v) is 4.42. The summed E-state index contributed by atoms with van der Waals surface area (Å²) in [5, 5.41) is 0. The lowest BCUT2D eigenvalue weighted by molar-refractivity contribution is -0.143. The van der Waals surface area contributed by atoms with Crippen LogP contribution in [-0.4, -0.2) is 37.8 Å². The Hall–Kier alpha value is -3.36. The molecule has 1 aliphatic rings. The lowest BCUT2D eigenvalue weighted by atomic mass is 10.1. The zero-order valence-electron chi connectivity index (χ0n) is 19.7. The largest absolute Gasteiger partial charge is 0.465 e. The van der Waals surface area contributed by atoms with E-state index in [0.29, 0.717) is 23.7 Å². The number of carbonyl (C=O) groups is 1. The molecule has 0 aliphatic carbocycles. The van der Waals surface area contributed by atoms with Gasteiger partial charge < -0.3 is 14.2 Å². The molecule has 0 amide bonds. The molecule has 0 spiro atoms. The Bertz CT molecular complexity index is 1290. The van der Waals surface area contributed by atoms with Gasteiger partial charge in [-0.25, -0.2) is 9.36 Å². The molecular weight excluding hydrogens is 422 g/mol. The van der Waals surface area contributed by atoms with Crippen molar-refractivity contribution < 1.29 is 9.53 Å². The molecule has 4 rings (SSSR count). The minimum atomic E-state index is -0.618. The van der Waals surface area contributed by atoms with Gasteiger partial charge in [-0.05, 0) is 43.4 Å². The SMILES string of the molecule is CCCCc1ccc(N2C[C@@H](C)Cn3c2nc2c3c(=O)n(CC(=O)OCC)c(=O)n2C)cc1. The Balaban J connectivity index is 1.82. The van der Waals surface area contributed by atoms with Crippen molar-refractivity contribution >= 4 is 28.8 Å². The number of fused-ring (bicyclic) bond motifs is 3. The summed E-state index contributed by atoms with van der Waals surface area (Å²) in [6.07, 6.45) is 3.36. The van der Waals surface area contributed by atoms with Crippen molar-refractivity contribution in [2.45, 2.75) is 53.1 Å². The minimum absolute atomic E-state index is 0.182. The summed E-state index contributed by atoms with van der Waals surface area (Å²) >= 11 is 0. The van der Waals surface area contributed by atoms with Gasteiger partial charge in [0.25, 0.3) is 5.56 Å². The molecule has 1 atom stereocenters. The molecule has 3 aromatic rings. The smallest absolute Gasteiger partial charge is 0.333 e. The lowest BCUT2D eigenvalue weighted by Crippen LogP contribution is -2.42. The number of hydrogen-bond acceptors (Lipinski definition) is 6. The normalized spacial score (nSPS) is 15.6. The maximum Gasteiger partial charge on any atom is 0.333 e. The number of nitrogens with zero attached hydrogens (tertiary/aromatic N) is 5. The third-order valence-corrected chi connectivity index (χ3v) is 6.10. The van der Waals surface area contributed by atoms with E-state index in [-0.39, 0.29) is 12.5 Å². The Morgan fingerprint density at radius 2 is 1.88 bits per heavy atom. The van der Waals surface area contributed by atoms with Gasteiger partial charge in [0.15, 0.2) is 11.2 Å². The van der Waals surface area contributed by atoms with Crippen LogP contribution in [0.5, 0.6) is 0 Å². The lowest BCUT2D eigenvalue weighted by Gasteiger charge is -2.33. The molecule has 9 nitrogen and oxygen atoms in total. The maximum atomic E-state index is 13.3. The highest BCUT2D eigenvalue weighted by molar-refractivity contribution is 5.77. The Morgan fingerprint density at radius 1 is 1.15 bits per heavy atom. The molecule has 2 aromatic heterocycles. The summed E-state index contributed by atoms with van der Waals surface area (Å²) in [6.45, 7) is 7.10. The van der Waals surface area contributed by atoms with Gasteiger partial charge in [0.05, 0.1) is 6.61 Å². The zero-order valence-corrected chi connectivity index (χ0v) is 19.7. The van der Waals surface area contributed by atoms with E-state index in [4.69, 9.17) is 9.72 Å². The first-order valence-electron chi connectivity index (χ1n) is 11.6. The quantitative estimate of drug-likeness (QED) is 0.511. The summed E-state index contributed by atoms with van der Waals surface area (Å²) in [4.78, 5) is 45.0. The number of anilines is 2. The molecule has 0 saturated carbocycles. The van der Waals surface area contributed by atoms with Gasteiger partial charge in [-0.3, -0.25) is 14.2 Å². The summed E-state index contributed by atoms with van der Waals surface area (Å²) in [5.74, 6) is 0.266. The summed E-state index contributed by atoms with van der Waals surface area (Å²) in [7, 11) is 1.57. The van der Waals surface area contributed by atoms with Crippen molar-refractivity contribution in [1.82, 2.24) is 18.7 Å². The predicted molar refractivity (Wildman–Crippen MR) is 127 cm³/mol. The Kier molecular flexibility index (Phi) is 6.40. The molecule has 0 saturated heterocycles. The molecule has 33 heavy (non-hydrogen) atoms. The number of hydrogen-bond donors (Lipinski definition) is 0. The van der Waals surface area contributed by atoms with E-state index in [9.17, 15) is 14.4 Å². The first-order valence-corrected chi connectivity index (χ1v) is 11.6. The van der Waals surface area contributed by atoms with Gasteiger partial charge in [-0.15, -0.1) is 0 Å². The average Bonchev–Trinajstić information content (AvgIpc) is 3.18. The average molecular weight is 454 g/mol. The van der Waals surface area contributed by atoms with E-state index >= 15 is 0 Å². The molecule has 0 N–H and O–H groups in total. The monoisotopic (exact) mass is 453 g/mol. The van der Waals surface area contributed by atoms with Crippen LogP contribution in [-0.2, 0) is 36.1 Å². The molecule has 0 radical (unpaired) electrons. The van der Waals surface area contributed by atoms with Crippen LogP contribution in [0.25, 0.3) is 11.2 Å². The standard InChI is InChI=1S/C24H31N5O4/c1-5-7-8-17-9-11-18(12-10-17)27-13-16(3)14-28-20-21(25-23(27)28)26(4)24(32)29(22(20)31)15-19(30)33-6-2/h9-12,16H,5-8,13-15H2,1-4H3/t16-/m1/s1. The summed E-state index contributed by atoms with van der Waals surface area (Å²) in [5.41, 5.74) is 1.82. The number of benzene rings is 1. The van der Waals surface area contributed by atoms with E-state index in [1.165, 1.54) is 10.1 Å². The van der Waals surface area contributed by atoms with Gasteiger partial charge in [0.1, 0.15) is 6.54 Å². The zero-order chi connectivity index (χ0) is 23.7. The first-order chi connectivity index (χ1) is 15.8. The molecule has 9 heteroatoms. The maximum absolute atomic E-state index is 13.3. The second-order valence-electron chi connectivity index (χ2n) is 8.72. The van der Waals surface area contributed by atoms with Gasteiger partial charge >= 0.3 is 11.7 Å². The number of ether oxygens (including phenoxy) is 1. The summed E-state index contributed by atoms with van der Waals surface area (Å²) < 4.78 is 9.09. The number of aryl methyl sites for hydroxylation is 2. The van der Waals surface area contributed by atoms with Gasteiger partial charge in [0.2, 0.25) is 5.95 Å². The highest BCUT2D eigenvalue weighted by Gasteiger charge is 2.30. The minimum Gasteiger partial charge on any atom is -0.465 e. The van der Waals surface area contributed by atoms with Crippen LogP contribution in [0.2, 0.25) is 0 Å². The van der Waals surface area contributed by atoms with Crippen molar-refractivity contribution in [2.75, 3.05) is 18.1 Å². The van der Waals surface area contributed by atoms with Crippen molar-refractivity contribution in [3.05, 3.63) is 50.7 Å². The number of esters is 1.